The molecule has 0 unspecified atom stereocenters. The largest absolute Gasteiger partial charge is 0.359 e. The van der Waals surface area contributed by atoms with E-state index in [9.17, 15) is 14.4 Å². The van der Waals surface area contributed by atoms with Crippen LogP contribution in [-0.2, 0) is 20.9 Å². The van der Waals surface area contributed by atoms with Gasteiger partial charge in [-0.2, -0.15) is 0 Å². The highest BCUT2D eigenvalue weighted by Gasteiger charge is 2.11. The third-order valence-electron chi connectivity index (χ3n) is 2.65. The lowest BCUT2D eigenvalue weighted by Crippen LogP contribution is -2.40. The molecule has 6 nitrogen and oxygen atoms in total. The van der Waals surface area contributed by atoms with Gasteiger partial charge < -0.3 is 16.0 Å². The summed E-state index contributed by atoms with van der Waals surface area (Å²) in [6.07, 6.45) is 1.17. The molecule has 1 aromatic carbocycles. The Bertz CT molecular complexity index is 457. The zero-order valence-electron chi connectivity index (χ0n) is 11.4. The molecule has 0 fully saturated rings. The highest BCUT2D eigenvalue weighted by Crippen LogP contribution is 2.02. The van der Waals surface area contributed by atoms with Gasteiger partial charge in [0.1, 0.15) is 0 Å². The van der Waals surface area contributed by atoms with E-state index >= 15 is 0 Å². The molecule has 3 N–H and O–H groups in total. The summed E-state index contributed by atoms with van der Waals surface area (Å²) < 4.78 is 0. The second-order valence-electron chi connectivity index (χ2n) is 4.35. The Kier molecular flexibility index (Phi) is 6.81. The zero-order chi connectivity index (χ0) is 14.8. The summed E-state index contributed by atoms with van der Waals surface area (Å²) in [7, 11) is 0. The third-order valence-corrected chi connectivity index (χ3v) is 2.65. The molecule has 0 aliphatic rings. The Morgan fingerprint density at radius 3 is 2.35 bits per heavy atom. The lowest BCUT2D eigenvalue weighted by molar-refractivity contribution is -0.139. The summed E-state index contributed by atoms with van der Waals surface area (Å²) in [5, 5.41) is 7.50. The molecule has 0 saturated carbocycles. The van der Waals surface area contributed by atoms with Crippen LogP contribution in [0.2, 0.25) is 0 Å². The van der Waals surface area contributed by atoms with Gasteiger partial charge in [-0.15, -0.1) is 0 Å². The van der Waals surface area contributed by atoms with E-state index in [-0.39, 0.29) is 0 Å². The van der Waals surface area contributed by atoms with E-state index in [1.54, 1.807) is 0 Å². The topological polar surface area (TPSA) is 87.3 Å². The quantitative estimate of drug-likeness (QED) is 0.368. The summed E-state index contributed by atoms with van der Waals surface area (Å²) in [5.74, 6) is -1.32. The van der Waals surface area contributed by atoms with Gasteiger partial charge in [0.15, 0.2) is 0 Å². The first-order valence-corrected chi connectivity index (χ1v) is 6.42. The maximum Gasteiger partial charge on any atom is 0.309 e. The molecule has 0 aromatic heterocycles. The minimum atomic E-state index is -0.664. The van der Waals surface area contributed by atoms with E-state index < -0.39 is 11.8 Å². The molecule has 6 heteroatoms. The van der Waals surface area contributed by atoms with Crippen LogP contribution < -0.4 is 16.0 Å². The normalized spacial score (nSPS) is 9.65. The van der Waals surface area contributed by atoms with E-state index in [2.05, 4.69) is 16.0 Å². The van der Waals surface area contributed by atoms with Crippen molar-refractivity contribution in [1.29, 1.82) is 0 Å². The molecule has 0 spiro atoms. The van der Waals surface area contributed by atoms with Crippen molar-refractivity contribution in [2.45, 2.75) is 19.9 Å². The molecule has 0 heterocycles. The van der Waals surface area contributed by atoms with Crippen molar-refractivity contribution in [3.8, 4) is 0 Å². The first-order valence-electron chi connectivity index (χ1n) is 6.42. The van der Waals surface area contributed by atoms with Crippen LogP contribution in [0.1, 0.15) is 17.5 Å². The number of nitrogens with one attached hydrogen (secondary N) is 3. The van der Waals surface area contributed by atoms with Crippen molar-refractivity contribution in [1.82, 2.24) is 16.0 Å². The van der Waals surface area contributed by atoms with Gasteiger partial charge in [-0.3, -0.25) is 14.4 Å². The van der Waals surface area contributed by atoms with Crippen molar-refractivity contribution in [3.05, 3.63) is 35.4 Å². The van der Waals surface area contributed by atoms with E-state index in [0.717, 1.165) is 11.1 Å². The van der Waals surface area contributed by atoms with E-state index in [1.807, 2.05) is 31.2 Å². The molecule has 1 aromatic rings. The molecule has 0 aliphatic heterocycles. The van der Waals surface area contributed by atoms with Gasteiger partial charge in [-0.25, -0.2) is 0 Å². The summed E-state index contributed by atoms with van der Waals surface area (Å²) in [4.78, 5) is 32.9. The van der Waals surface area contributed by atoms with Crippen LogP contribution in [-0.4, -0.2) is 31.3 Å². The van der Waals surface area contributed by atoms with Gasteiger partial charge in [0, 0.05) is 19.6 Å². The fraction of sp³-hybridized carbons (Fsp3) is 0.357. The minimum Gasteiger partial charge on any atom is -0.359 e. The summed E-state index contributed by atoms with van der Waals surface area (Å²) in [5.41, 5.74) is 2.08. The number of aryl methyl sites for hydroxylation is 1. The Labute approximate surface area is 117 Å². The van der Waals surface area contributed by atoms with Crippen LogP contribution in [0.5, 0.6) is 0 Å². The van der Waals surface area contributed by atoms with Crippen molar-refractivity contribution >= 4 is 18.2 Å². The molecular weight excluding hydrogens is 258 g/mol. The lowest BCUT2D eigenvalue weighted by atomic mass is 10.1. The van der Waals surface area contributed by atoms with Crippen molar-refractivity contribution < 1.29 is 14.4 Å². The molecule has 0 aliphatic carbocycles. The van der Waals surface area contributed by atoms with Gasteiger partial charge in [-0.05, 0) is 18.9 Å². The number of benzene rings is 1. The maximum atomic E-state index is 11.5. The molecule has 0 bridgehead atoms. The lowest BCUT2D eigenvalue weighted by Gasteiger charge is -2.06. The molecule has 108 valence electrons. The summed E-state index contributed by atoms with van der Waals surface area (Å²) in [6.45, 7) is 3.11. The van der Waals surface area contributed by atoms with Crippen LogP contribution >= 0.6 is 0 Å². The highest BCUT2D eigenvalue weighted by molar-refractivity contribution is 6.35. The van der Waals surface area contributed by atoms with Gasteiger partial charge in [-0.1, -0.05) is 29.8 Å². The minimum absolute atomic E-state index is 0.319. The molecule has 0 atom stereocenters. The van der Waals surface area contributed by atoms with Gasteiger partial charge in [0.25, 0.3) is 0 Å². The Hall–Kier alpha value is -2.37. The predicted octanol–water partition coefficient (Wildman–Crippen LogP) is -0.136. The van der Waals surface area contributed by atoms with Crippen LogP contribution in [0.25, 0.3) is 0 Å². The number of hydrogen-bond acceptors (Lipinski definition) is 3. The van der Waals surface area contributed by atoms with E-state index in [4.69, 9.17) is 0 Å². The first kappa shape index (κ1) is 15.7. The van der Waals surface area contributed by atoms with Crippen molar-refractivity contribution in [3.63, 3.8) is 0 Å². The number of hydrogen-bond donors (Lipinski definition) is 3. The molecule has 0 saturated heterocycles. The number of carbonyl (C=O) groups is 3. The third kappa shape index (κ3) is 5.99. The Balaban J connectivity index is 2.22. The fourth-order valence-electron chi connectivity index (χ4n) is 1.50. The second kappa shape index (κ2) is 8.68. The van der Waals surface area contributed by atoms with Crippen LogP contribution in [0.4, 0.5) is 0 Å². The van der Waals surface area contributed by atoms with Gasteiger partial charge >= 0.3 is 11.8 Å². The fourth-order valence-corrected chi connectivity index (χ4v) is 1.50. The van der Waals surface area contributed by atoms with Gasteiger partial charge in [0.05, 0.1) is 0 Å². The summed E-state index contributed by atoms with van der Waals surface area (Å²) >= 11 is 0. The van der Waals surface area contributed by atoms with Crippen LogP contribution in [0.3, 0.4) is 0 Å². The smallest absolute Gasteiger partial charge is 0.309 e. The SMILES string of the molecule is Cc1ccc(CNC(=O)C(=O)NCCCNC=O)cc1. The molecule has 1 rings (SSSR count). The average molecular weight is 277 g/mol. The summed E-state index contributed by atoms with van der Waals surface area (Å²) in [6, 6.07) is 7.69. The molecule has 20 heavy (non-hydrogen) atoms. The predicted molar refractivity (Wildman–Crippen MR) is 74.7 cm³/mol. The second-order valence-corrected chi connectivity index (χ2v) is 4.35. The Morgan fingerprint density at radius 2 is 1.70 bits per heavy atom. The van der Waals surface area contributed by atoms with Crippen molar-refractivity contribution in [2.24, 2.45) is 0 Å². The average Bonchev–Trinajstić information content (AvgIpc) is 2.46. The first-order chi connectivity index (χ1) is 9.63. The van der Waals surface area contributed by atoms with E-state index in [1.165, 1.54) is 0 Å². The molecular formula is C14H19N3O3. The zero-order valence-corrected chi connectivity index (χ0v) is 11.4. The monoisotopic (exact) mass is 277 g/mol. The van der Waals surface area contributed by atoms with Gasteiger partial charge in [0.2, 0.25) is 6.41 Å². The molecule has 0 radical (unpaired) electrons. The Morgan fingerprint density at radius 1 is 1.05 bits per heavy atom. The van der Waals surface area contributed by atoms with Crippen LogP contribution in [0.15, 0.2) is 24.3 Å². The number of carbonyl (C=O) groups excluding carboxylic acids is 3. The highest BCUT2D eigenvalue weighted by atomic mass is 16.2. The van der Waals surface area contributed by atoms with E-state index in [0.29, 0.717) is 32.5 Å². The van der Waals surface area contributed by atoms with Crippen molar-refractivity contribution in [2.75, 3.05) is 13.1 Å². The number of amides is 3. The van der Waals surface area contributed by atoms with Crippen LogP contribution in [0, 0.1) is 6.92 Å². The standard InChI is InChI=1S/C14H19N3O3/c1-11-3-5-12(6-4-11)9-17-14(20)13(19)16-8-2-7-15-10-18/h3-6,10H,2,7-9H2,1H3,(H,15,18)(H,16,19)(H,17,20). The number of rotatable bonds is 7. The molecule has 3 amide bonds. The maximum absolute atomic E-state index is 11.5.